The Morgan fingerprint density at radius 3 is 2.58 bits per heavy atom. The molecule has 0 amide bonds. The highest BCUT2D eigenvalue weighted by Gasteiger charge is 2.27. The van der Waals surface area contributed by atoms with Gasteiger partial charge < -0.3 is 14.2 Å². The highest BCUT2D eigenvalue weighted by Crippen LogP contribution is 2.29. The number of hydrogen-bond acceptors (Lipinski definition) is 3. The topological polar surface area (TPSA) is 27.7 Å². The molecular weight excluding hydrogens is 156 g/mol. The fourth-order valence-electron chi connectivity index (χ4n) is 0.850. The summed E-state index contributed by atoms with van der Waals surface area (Å²) in [5, 5.41) is 0. The lowest BCUT2D eigenvalue weighted by atomic mass is 10.7. The predicted octanol–water partition coefficient (Wildman–Crippen LogP) is 0.994. The van der Waals surface area contributed by atoms with E-state index in [4.69, 9.17) is 14.2 Å². The second-order valence-corrected chi connectivity index (χ2v) is 2.83. The van der Waals surface area contributed by atoms with Gasteiger partial charge in [-0.2, -0.15) is 0 Å². The average molecular weight is 172 g/mol. The largest absolute Gasteiger partial charge is 0.382 e. The van der Waals surface area contributed by atoms with E-state index < -0.39 is 0 Å². The van der Waals surface area contributed by atoms with Crippen LogP contribution in [0.2, 0.25) is 0 Å². The molecule has 1 rings (SSSR count). The van der Waals surface area contributed by atoms with Crippen LogP contribution in [0.25, 0.3) is 0 Å². The van der Waals surface area contributed by atoms with E-state index in [-0.39, 0.29) is 0 Å². The highest BCUT2D eigenvalue weighted by atomic mass is 16.5. The zero-order chi connectivity index (χ0) is 8.81. The van der Waals surface area contributed by atoms with Gasteiger partial charge >= 0.3 is 0 Å². The summed E-state index contributed by atoms with van der Waals surface area (Å²) >= 11 is 0. The monoisotopic (exact) mass is 172 g/mol. The standard InChI is InChI=1S/C9H16O3/c1-8-7-9(8)12-6-5-11-4-3-10-2/h9H,1,3-7H2,2H3. The molecule has 1 atom stereocenters. The molecule has 0 aromatic heterocycles. The Bertz CT molecular complexity index is 145. The van der Waals surface area contributed by atoms with Crippen LogP contribution in [0.5, 0.6) is 0 Å². The van der Waals surface area contributed by atoms with Crippen molar-refractivity contribution in [3.05, 3.63) is 12.2 Å². The van der Waals surface area contributed by atoms with Gasteiger partial charge in [0.1, 0.15) is 0 Å². The van der Waals surface area contributed by atoms with Crippen LogP contribution in [0, 0.1) is 0 Å². The first kappa shape index (κ1) is 9.71. The van der Waals surface area contributed by atoms with Crippen molar-refractivity contribution in [2.75, 3.05) is 33.5 Å². The second-order valence-electron chi connectivity index (χ2n) is 2.83. The van der Waals surface area contributed by atoms with Gasteiger partial charge in [-0.3, -0.25) is 0 Å². The molecule has 0 N–H and O–H groups in total. The molecule has 3 nitrogen and oxygen atoms in total. The minimum absolute atomic E-state index is 0.316. The summed E-state index contributed by atoms with van der Waals surface area (Å²) in [6, 6.07) is 0. The number of rotatable bonds is 7. The third-order valence-corrected chi connectivity index (χ3v) is 1.72. The van der Waals surface area contributed by atoms with Gasteiger partial charge in [0.05, 0.1) is 32.5 Å². The zero-order valence-corrected chi connectivity index (χ0v) is 7.54. The Labute approximate surface area is 73.3 Å². The molecule has 0 saturated heterocycles. The maximum Gasteiger partial charge on any atom is 0.0822 e. The zero-order valence-electron chi connectivity index (χ0n) is 7.54. The summed E-state index contributed by atoms with van der Waals surface area (Å²) in [6.07, 6.45) is 1.34. The van der Waals surface area contributed by atoms with Gasteiger partial charge in [0, 0.05) is 13.5 Å². The first-order chi connectivity index (χ1) is 5.84. The van der Waals surface area contributed by atoms with E-state index in [0.717, 1.165) is 6.42 Å². The maximum atomic E-state index is 5.38. The van der Waals surface area contributed by atoms with Gasteiger partial charge in [-0.15, -0.1) is 0 Å². The van der Waals surface area contributed by atoms with Crippen molar-refractivity contribution in [3.63, 3.8) is 0 Å². The van der Waals surface area contributed by atoms with Crippen LogP contribution in [0.15, 0.2) is 12.2 Å². The fourth-order valence-corrected chi connectivity index (χ4v) is 0.850. The van der Waals surface area contributed by atoms with Gasteiger partial charge in [0.15, 0.2) is 0 Å². The van der Waals surface area contributed by atoms with E-state index in [1.54, 1.807) is 7.11 Å². The summed E-state index contributed by atoms with van der Waals surface area (Å²) in [6.45, 7) is 6.39. The molecule has 1 aliphatic rings. The minimum atomic E-state index is 0.316. The Hall–Kier alpha value is -0.380. The molecule has 0 aromatic carbocycles. The number of methoxy groups -OCH3 is 1. The third-order valence-electron chi connectivity index (χ3n) is 1.72. The first-order valence-electron chi connectivity index (χ1n) is 4.20. The van der Waals surface area contributed by atoms with E-state index in [9.17, 15) is 0 Å². The summed E-state index contributed by atoms with van der Waals surface area (Å²) in [5.74, 6) is 0. The van der Waals surface area contributed by atoms with Crippen molar-refractivity contribution >= 4 is 0 Å². The molecule has 0 aliphatic heterocycles. The summed E-state index contributed by atoms with van der Waals surface area (Å²) < 4.78 is 15.4. The van der Waals surface area contributed by atoms with Crippen molar-refractivity contribution in [2.45, 2.75) is 12.5 Å². The molecule has 1 fully saturated rings. The van der Waals surface area contributed by atoms with Crippen LogP contribution in [0.3, 0.4) is 0 Å². The van der Waals surface area contributed by atoms with Gasteiger partial charge in [0.2, 0.25) is 0 Å². The summed E-state index contributed by atoms with van der Waals surface area (Å²) in [5.41, 5.74) is 1.20. The molecule has 0 heterocycles. The first-order valence-corrected chi connectivity index (χ1v) is 4.20. The Morgan fingerprint density at radius 2 is 2.00 bits per heavy atom. The van der Waals surface area contributed by atoms with Gasteiger partial charge in [-0.25, -0.2) is 0 Å². The Kier molecular flexibility index (Phi) is 4.29. The molecule has 1 saturated carbocycles. The molecular formula is C9H16O3. The third kappa shape index (κ3) is 3.85. The molecule has 0 spiro atoms. The Balaban J connectivity index is 1.74. The lowest BCUT2D eigenvalue weighted by molar-refractivity contribution is 0.0222. The molecule has 0 bridgehead atoms. The molecule has 1 aliphatic carbocycles. The molecule has 0 aromatic rings. The maximum absolute atomic E-state index is 5.38. The fraction of sp³-hybridized carbons (Fsp3) is 0.778. The Morgan fingerprint density at radius 1 is 1.33 bits per heavy atom. The van der Waals surface area contributed by atoms with Gasteiger partial charge in [-0.05, 0) is 5.57 Å². The van der Waals surface area contributed by atoms with Crippen molar-refractivity contribution < 1.29 is 14.2 Å². The van der Waals surface area contributed by atoms with Crippen molar-refractivity contribution in [2.24, 2.45) is 0 Å². The summed E-state index contributed by atoms with van der Waals surface area (Å²) in [4.78, 5) is 0. The van der Waals surface area contributed by atoms with Crippen molar-refractivity contribution in [1.82, 2.24) is 0 Å². The second kappa shape index (κ2) is 5.30. The van der Waals surface area contributed by atoms with Crippen LogP contribution < -0.4 is 0 Å². The van der Waals surface area contributed by atoms with Crippen LogP contribution in [0.4, 0.5) is 0 Å². The van der Waals surface area contributed by atoms with Crippen LogP contribution in [0.1, 0.15) is 6.42 Å². The van der Waals surface area contributed by atoms with Gasteiger partial charge in [0.25, 0.3) is 0 Å². The number of hydrogen-bond donors (Lipinski definition) is 0. The molecule has 3 heteroatoms. The van der Waals surface area contributed by atoms with Gasteiger partial charge in [-0.1, -0.05) is 6.58 Å². The van der Waals surface area contributed by atoms with E-state index in [0.29, 0.717) is 32.5 Å². The van der Waals surface area contributed by atoms with Crippen LogP contribution >= 0.6 is 0 Å². The summed E-state index contributed by atoms with van der Waals surface area (Å²) in [7, 11) is 1.66. The van der Waals surface area contributed by atoms with Crippen molar-refractivity contribution in [3.8, 4) is 0 Å². The molecule has 1 unspecified atom stereocenters. The average Bonchev–Trinajstić information content (AvgIpc) is 2.74. The van der Waals surface area contributed by atoms with Crippen LogP contribution in [-0.4, -0.2) is 39.6 Å². The molecule has 0 radical (unpaired) electrons. The SMILES string of the molecule is C=C1CC1OCCOCCOC. The minimum Gasteiger partial charge on any atom is -0.382 e. The van der Waals surface area contributed by atoms with Crippen LogP contribution in [-0.2, 0) is 14.2 Å². The van der Waals surface area contributed by atoms with E-state index in [2.05, 4.69) is 6.58 Å². The lowest BCUT2D eigenvalue weighted by Crippen LogP contribution is -2.08. The predicted molar refractivity (Wildman–Crippen MR) is 46.2 cm³/mol. The lowest BCUT2D eigenvalue weighted by Gasteiger charge is -2.03. The normalized spacial score (nSPS) is 21.4. The van der Waals surface area contributed by atoms with Crippen molar-refractivity contribution in [1.29, 1.82) is 0 Å². The molecule has 70 valence electrons. The van der Waals surface area contributed by atoms with E-state index in [1.165, 1.54) is 5.57 Å². The highest BCUT2D eigenvalue weighted by molar-refractivity contribution is 5.21. The van der Waals surface area contributed by atoms with E-state index >= 15 is 0 Å². The number of ether oxygens (including phenoxy) is 3. The molecule has 12 heavy (non-hydrogen) atoms. The smallest absolute Gasteiger partial charge is 0.0822 e. The quantitative estimate of drug-likeness (QED) is 0.423. The van der Waals surface area contributed by atoms with E-state index in [1.807, 2.05) is 0 Å².